The Bertz CT molecular complexity index is 1350. The molecule has 0 saturated carbocycles. The van der Waals surface area contributed by atoms with Crippen molar-refractivity contribution in [2.45, 2.75) is 31.7 Å². The van der Waals surface area contributed by atoms with Gasteiger partial charge in [-0.05, 0) is 41.3 Å². The van der Waals surface area contributed by atoms with Gasteiger partial charge in [-0.3, -0.25) is 0 Å². The van der Waals surface area contributed by atoms with Gasteiger partial charge < -0.3 is 9.52 Å². The number of fused-ring (bicyclic) bond motifs is 1. The average Bonchev–Trinajstić information content (AvgIpc) is 3.20. The number of aliphatic hydroxyl groups is 1. The molecule has 0 unspecified atom stereocenters. The molecule has 0 radical (unpaired) electrons. The van der Waals surface area contributed by atoms with E-state index in [0.29, 0.717) is 27.1 Å². The lowest BCUT2D eigenvalue weighted by Crippen LogP contribution is -2.42. The number of hydrogen-bond acceptors (Lipinski definition) is 5. The normalized spacial score (nSPS) is 13.9. The van der Waals surface area contributed by atoms with Gasteiger partial charge in [0.25, 0.3) is 0 Å². The SMILES string of the molecule is CC[C@](O)(c1cn(Cc2ccc3c(-c4cccc(Cl)c4)cc(=O)oc3c2)nn1)C(F)(F)F. The minimum Gasteiger partial charge on any atom is -0.423 e. The third kappa shape index (κ3) is 4.01. The quantitative estimate of drug-likeness (QED) is 0.425. The number of rotatable bonds is 5. The number of alkyl halides is 3. The maximum atomic E-state index is 13.3. The molecular weight excluding hydrogens is 447 g/mol. The summed E-state index contributed by atoms with van der Waals surface area (Å²) in [6.45, 7) is 1.28. The Morgan fingerprint density at radius 3 is 2.62 bits per heavy atom. The summed E-state index contributed by atoms with van der Waals surface area (Å²) in [6.07, 6.45) is -4.42. The predicted molar refractivity (Wildman–Crippen MR) is 112 cm³/mol. The van der Waals surface area contributed by atoms with Gasteiger partial charge in [-0.1, -0.05) is 48.0 Å². The van der Waals surface area contributed by atoms with Crippen LogP contribution in [0.2, 0.25) is 5.02 Å². The van der Waals surface area contributed by atoms with Crippen molar-refractivity contribution in [2.75, 3.05) is 0 Å². The standard InChI is InChI=1S/C22H17ClF3N3O3/c1-2-21(31,22(24,25)26)19-12-29(28-27-19)11-13-6-7-16-17(10-20(30)32-18(16)8-13)14-4-3-5-15(23)9-14/h3-10,12,31H,2,11H2,1H3/t21-/m0/s1. The second-order valence-corrected chi connectivity index (χ2v) is 7.77. The lowest BCUT2D eigenvalue weighted by atomic mass is 9.96. The van der Waals surface area contributed by atoms with Gasteiger partial charge in [0, 0.05) is 16.5 Å². The van der Waals surface area contributed by atoms with E-state index in [-0.39, 0.29) is 6.54 Å². The van der Waals surface area contributed by atoms with E-state index < -0.39 is 29.5 Å². The second kappa shape index (κ2) is 8.07. The molecular formula is C22H17ClF3N3O3. The van der Waals surface area contributed by atoms with E-state index in [1.54, 1.807) is 36.4 Å². The first kappa shape index (κ1) is 22.0. The van der Waals surface area contributed by atoms with E-state index in [9.17, 15) is 23.1 Å². The van der Waals surface area contributed by atoms with Gasteiger partial charge in [0.15, 0.2) is 0 Å². The zero-order chi connectivity index (χ0) is 23.1. The van der Waals surface area contributed by atoms with E-state index in [1.165, 1.54) is 17.7 Å². The molecule has 10 heteroatoms. The number of hydrogen-bond donors (Lipinski definition) is 1. The van der Waals surface area contributed by atoms with Gasteiger partial charge in [-0.2, -0.15) is 13.2 Å². The highest BCUT2D eigenvalue weighted by atomic mass is 35.5. The molecule has 0 bridgehead atoms. The summed E-state index contributed by atoms with van der Waals surface area (Å²) >= 11 is 6.07. The fourth-order valence-electron chi connectivity index (χ4n) is 3.48. The van der Waals surface area contributed by atoms with Crippen LogP contribution in [0.15, 0.2) is 63.9 Å². The summed E-state index contributed by atoms with van der Waals surface area (Å²) in [5, 5.41) is 18.5. The van der Waals surface area contributed by atoms with Crippen LogP contribution in [-0.4, -0.2) is 26.3 Å². The summed E-state index contributed by atoms with van der Waals surface area (Å²) in [6, 6.07) is 13.5. The first-order chi connectivity index (χ1) is 15.1. The third-order valence-corrected chi connectivity index (χ3v) is 5.47. The van der Waals surface area contributed by atoms with E-state index in [0.717, 1.165) is 11.8 Å². The number of benzene rings is 2. The largest absolute Gasteiger partial charge is 0.423 e. The fourth-order valence-corrected chi connectivity index (χ4v) is 3.67. The van der Waals surface area contributed by atoms with Crippen LogP contribution in [0.25, 0.3) is 22.1 Å². The monoisotopic (exact) mass is 463 g/mol. The summed E-state index contributed by atoms with van der Waals surface area (Å²) in [5.41, 5.74) is -1.89. The van der Waals surface area contributed by atoms with Crippen molar-refractivity contribution in [3.8, 4) is 11.1 Å². The van der Waals surface area contributed by atoms with Crippen molar-refractivity contribution in [3.05, 3.63) is 81.4 Å². The topological polar surface area (TPSA) is 81.2 Å². The van der Waals surface area contributed by atoms with Crippen LogP contribution in [-0.2, 0) is 12.1 Å². The first-order valence-electron chi connectivity index (χ1n) is 9.63. The molecule has 1 N–H and O–H groups in total. The third-order valence-electron chi connectivity index (χ3n) is 5.23. The lowest BCUT2D eigenvalue weighted by molar-refractivity contribution is -0.269. The molecule has 4 rings (SSSR count). The highest BCUT2D eigenvalue weighted by Crippen LogP contribution is 2.40. The Morgan fingerprint density at radius 2 is 1.94 bits per heavy atom. The van der Waals surface area contributed by atoms with E-state index in [2.05, 4.69) is 10.3 Å². The predicted octanol–water partition coefficient (Wildman–Crippen LogP) is 4.91. The lowest BCUT2D eigenvalue weighted by Gasteiger charge is -2.26. The molecule has 2 heterocycles. The summed E-state index contributed by atoms with van der Waals surface area (Å²) in [5.74, 6) is 0. The highest BCUT2D eigenvalue weighted by Gasteiger charge is 2.55. The fraction of sp³-hybridized carbons (Fsp3) is 0.227. The Hall–Kier alpha value is -3.17. The summed E-state index contributed by atoms with van der Waals surface area (Å²) < 4.78 is 46.3. The Balaban J connectivity index is 1.69. The molecule has 6 nitrogen and oxygen atoms in total. The Kier molecular flexibility index (Phi) is 5.56. The van der Waals surface area contributed by atoms with Crippen LogP contribution in [0.4, 0.5) is 13.2 Å². The van der Waals surface area contributed by atoms with Gasteiger partial charge in [-0.15, -0.1) is 5.10 Å². The van der Waals surface area contributed by atoms with Crippen LogP contribution in [0, 0.1) is 0 Å². The molecule has 0 spiro atoms. The van der Waals surface area contributed by atoms with Gasteiger partial charge in [-0.25, -0.2) is 9.48 Å². The molecule has 4 aromatic rings. The molecule has 0 aliphatic heterocycles. The zero-order valence-corrected chi connectivity index (χ0v) is 17.5. The Labute approximate surface area is 184 Å². The molecule has 2 aromatic carbocycles. The molecule has 0 aliphatic rings. The minimum atomic E-state index is -4.88. The summed E-state index contributed by atoms with van der Waals surface area (Å²) in [4.78, 5) is 12.1. The second-order valence-electron chi connectivity index (χ2n) is 7.33. The van der Waals surface area contributed by atoms with Crippen LogP contribution < -0.4 is 5.63 Å². The molecule has 0 amide bonds. The summed E-state index contributed by atoms with van der Waals surface area (Å²) in [7, 11) is 0. The maximum Gasteiger partial charge on any atom is 0.423 e. The molecule has 0 saturated heterocycles. The number of halogens is 4. The van der Waals surface area contributed by atoms with Gasteiger partial charge in [0.05, 0.1) is 12.7 Å². The van der Waals surface area contributed by atoms with Crippen molar-refractivity contribution in [3.63, 3.8) is 0 Å². The highest BCUT2D eigenvalue weighted by molar-refractivity contribution is 6.30. The molecule has 166 valence electrons. The molecule has 2 aromatic heterocycles. The van der Waals surface area contributed by atoms with Crippen molar-refractivity contribution >= 4 is 22.6 Å². The average molecular weight is 464 g/mol. The van der Waals surface area contributed by atoms with Gasteiger partial charge in [0.2, 0.25) is 5.60 Å². The van der Waals surface area contributed by atoms with Crippen LogP contribution in [0.5, 0.6) is 0 Å². The van der Waals surface area contributed by atoms with E-state index in [4.69, 9.17) is 16.0 Å². The molecule has 1 atom stereocenters. The number of nitrogens with zero attached hydrogens (tertiary/aromatic N) is 3. The van der Waals surface area contributed by atoms with Crippen LogP contribution in [0.1, 0.15) is 24.6 Å². The smallest absolute Gasteiger partial charge is 0.423 e. The van der Waals surface area contributed by atoms with Crippen LogP contribution in [0.3, 0.4) is 0 Å². The molecule has 0 aliphatic carbocycles. The van der Waals surface area contributed by atoms with Crippen molar-refractivity contribution < 1.29 is 22.7 Å². The molecule has 0 fully saturated rings. The minimum absolute atomic E-state index is 0.0612. The van der Waals surface area contributed by atoms with Crippen LogP contribution >= 0.6 is 11.6 Å². The van der Waals surface area contributed by atoms with E-state index >= 15 is 0 Å². The van der Waals surface area contributed by atoms with Crippen molar-refractivity contribution in [1.29, 1.82) is 0 Å². The zero-order valence-electron chi connectivity index (χ0n) is 16.7. The Morgan fingerprint density at radius 1 is 1.16 bits per heavy atom. The van der Waals surface area contributed by atoms with Crippen molar-refractivity contribution in [1.82, 2.24) is 15.0 Å². The molecule has 32 heavy (non-hydrogen) atoms. The van der Waals surface area contributed by atoms with Gasteiger partial charge >= 0.3 is 11.8 Å². The maximum absolute atomic E-state index is 13.3. The first-order valence-corrected chi connectivity index (χ1v) is 10.0. The number of aromatic nitrogens is 3. The van der Waals surface area contributed by atoms with E-state index in [1.807, 2.05) is 6.07 Å². The van der Waals surface area contributed by atoms with Crippen molar-refractivity contribution in [2.24, 2.45) is 0 Å². The van der Waals surface area contributed by atoms with Gasteiger partial charge in [0.1, 0.15) is 11.3 Å².